The molecule has 0 aliphatic rings. The molecule has 0 radical (unpaired) electrons. The molecular weight excluding hydrogens is 219 g/mol. The average molecular weight is 234 g/mol. The Morgan fingerprint density at radius 1 is 1.12 bits per heavy atom. The summed E-state index contributed by atoms with van der Waals surface area (Å²) in [5.74, 6) is 3.89. The molecule has 0 aliphatic heterocycles. The van der Waals surface area contributed by atoms with Gasteiger partial charge in [0, 0.05) is 0 Å². The Kier molecular flexibility index (Phi) is 12.1. The fourth-order valence-corrected chi connectivity index (χ4v) is 0.841. The van der Waals surface area contributed by atoms with E-state index in [1.165, 1.54) is 0 Å². The zero-order valence-electron chi connectivity index (χ0n) is 10.3. The van der Waals surface area contributed by atoms with Gasteiger partial charge in [0.05, 0.1) is 13.2 Å². The zero-order chi connectivity index (χ0) is 11.7. The van der Waals surface area contributed by atoms with Gasteiger partial charge in [-0.1, -0.05) is 6.42 Å². The van der Waals surface area contributed by atoms with Crippen molar-refractivity contribution in [3.63, 3.8) is 0 Å². The molecule has 0 unspecified atom stereocenters. The molecular formula is C11H15NaO4. The quantitative estimate of drug-likeness (QED) is 0.183. The third-order valence-electron chi connectivity index (χ3n) is 1.49. The Morgan fingerprint density at radius 3 is 1.88 bits per heavy atom. The predicted molar refractivity (Wildman–Crippen MR) is 54.6 cm³/mol. The average Bonchev–Trinajstić information content (AvgIpc) is 2.19. The summed E-state index contributed by atoms with van der Waals surface area (Å²) in [6.45, 7) is 5.43. The molecule has 0 N–H and O–H groups in total. The Hall–Kier alpha value is -0.630. The summed E-state index contributed by atoms with van der Waals surface area (Å²) >= 11 is 0. The number of hydrogen-bond acceptors (Lipinski definition) is 4. The van der Waals surface area contributed by atoms with E-state index < -0.39 is 11.9 Å². The molecule has 0 saturated heterocycles. The summed E-state index contributed by atoms with van der Waals surface area (Å²) in [7, 11) is 0. The summed E-state index contributed by atoms with van der Waals surface area (Å²) in [5, 5.41) is 0. The van der Waals surface area contributed by atoms with Gasteiger partial charge in [0.1, 0.15) is 0 Å². The van der Waals surface area contributed by atoms with Crippen molar-refractivity contribution < 1.29 is 48.6 Å². The Balaban J connectivity index is 0. The van der Waals surface area contributed by atoms with E-state index in [0.717, 1.165) is 0 Å². The molecule has 0 rings (SSSR count). The second kappa shape index (κ2) is 10.9. The van der Waals surface area contributed by atoms with Gasteiger partial charge >= 0.3 is 29.6 Å². The number of rotatable bonds is 5. The number of hydrogen-bond donors (Lipinski definition) is 0. The van der Waals surface area contributed by atoms with Crippen molar-refractivity contribution in [2.45, 2.75) is 27.2 Å². The van der Waals surface area contributed by atoms with E-state index >= 15 is 0 Å². The molecule has 0 amide bonds. The summed E-state index contributed by atoms with van der Waals surface area (Å²) in [4.78, 5) is 22.7. The maximum Gasteiger partial charge on any atom is 1.00 e. The number of carbonyl (C=O) groups is 2. The third-order valence-corrected chi connectivity index (χ3v) is 1.49. The first-order valence-electron chi connectivity index (χ1n) is 4.77. The van der Waals surface area contributed by atoms with E-state index in [-0.39, 0.29) is 55.1 Å². The van der Waals surface area contributed by atoms with Crippen LogP contribution in [-0.4, -0.2) is 25.2 Å². The summed E-state index contributed by atoms with van der Waals surface area (Å²) in [5.41, 5.74) is 0. The standard InChI is InChI=1S/C11H15O4.Na/c1-4-7-8-9(10(12)14-5-2)11(13)15-6-3;/h5-6,8H2,1-3H3;/q-1;+1. The van der Waals surface area contributed by atoms with Gasteiger partial charge in [0.2, 0.25) is 0 Å². The molecule has 0 heterocycles. The van der Waals surface area contributed by atoms with E-state index in [9.17, 15) is 9.59 Å². The van der Waals surface area contributed by atoms with Gasteiger partial charge in [0.25, 0.3) is 0 Å². The van der Waals surface area contributed by atoms with Gasteiger partial charge in [-0.2, -0.15) is 5.92 Å². The van der Waals surface area contributed by atoms with Crippen molar-refractivity contribution >= 4 is 11.9 Å². The minimum atomic E-state index is -0.654. The van der Waals surface area contributed by atoms with Crippen LogP contribution in [0.15, 0.2) is 0 Å². The first-order valence-corrected chi connectivity index (χ1v) is 4.77. The van der Waals surface area contributed by atoms with Crippen LogP contribution in [0.25, 0.3) is 0 Å². The van der Waals surface area contributed by atoms with Gasteiger partial charge in [-0.15, -0.1) is 11.8 Å². The Morgan fingerprint density at radius 2 is 1.56 bits per heavy atom. The molecule has 0 spiro atoms. The largest absolute Gasteiger partial charge is 1.00 e. The minimum absolute atomic E-state index is 0. The smallest absolute Gasteiger partial charge is 0.488 e. The summed E-state index contributed by atoms with van der Waals surface area (Å²) in [6.07, 6.45) is 0.0637. The van der Waals surface area contributed by atoms with Crippen LogP contribution in [0.4, 0.5) is 0 Å². The molecule has 16 heavy (non-hydrogen) atoms. The van der Waals surface area contributed by atoms with Gasteiger partial charge in [0.15, 0.2) is 11.9 Å². The van der Waals surface area contributed by atoms with E-state index in [1.54, 1.807) is 20.8 Å². The van der Waals surface area contributed by atoms with Gasteiger partial charge in [-0.05, 0) is 20.8 Å². The van der Waals surface area contributed by atoms with E-state index in [4.69, 9.17) is 9.47 Å². The molecule has 0 aliphatic carbocycles. The van der Waals surface area contributed by atoms with Gasteiger partial charge in [-0.25, -0.2) is 0 Å². The molecule has 0 aromatic rings. The topological polar surface area (TPSA) is 52.6 Å². The van der Waals surface area contributed by atoms with Crippen molar-refractivity contribution in [1.82, 2.24) is 0 Å². The molecule has 84 valence electrons. The maximum absolute atomic E-state index is 11.3. The van der Waals surface area contributed by atoms with E-state index in [1.807, 2.05) is 0 Å². The van der Waals surface area contributed by atoms with Crippen LogP contribution >= 0.6 is 0 Å². The molecule has 0 atom stereocenters. The van der Waals surface area contributed by atoms with Gasteiger partial charge in [-0.3, -0.25) is 9.59 Å². The van der Waals surface area contributed by atoms with Crippen molar-refractivity contribution in [2.75, 3.05) is 13.2 Å². The SMILES string of the molecule is CC#CC[C-](C(=O)OCC)C(=O)OCC.[Na+]. The van der Waals surface area contributed by atoms with E-state index in [0.29, 0.717) is 0 Å². The van der Waals surface area contributed by atoms with Gasteiger partial charge < -0.3 is 9.47 Å². The molecule has 5 heteroatoms. The van der Waals surface area contributed by atoms with Crippen molar-refractivity contribution in [3.05, 3.63) is 5.92 Å². The number of ether oxygens (including phenoxy) is 2. The Bertz CT molecular complexity index is 259. The molecule has 0 fully saturated rings. The second-order valence-electron chi connectivity index (χ2n) is 2.52. The van der Waals surface area contributed by atoms with Crippen molar-refractivity contribution in [3.8, 4) is 11.8 Å². The molecule has 0 saturated carbocycles. The summed E-state index contributed by atoms with van der Waals surface area (Å²) < 4.78 is 9.45. The first-order chi connectivity index (χ1) is 7.17. The fourth-order valence-electron chi connectivity index (χ4n) is 0.841. The van der Waals surface area contributed by atoms with Crippen LogP contribution < -0.4 is 29.6 Å². The maximum atomic E-state index is 11.3. The number of esters is 2. The normalized spacial score (nSPS) is 7.94. The summed E-state index contributed by atoms with van der Waals surface area (Å²) in [6, 6.07) is 0. The van der Waals surface area contributed by atoms with Crippen LogP contribution in [0.3, 0.4) is 0 Å². The molecule has 0 bridgehead atoms. The van der Waals surface area contributed by atoms with E-state index in [2.05, 4.69) is 11.8 Å². The van der Waals surface area contributed by atoms with Crippen LogP contribution in [0.2, 0.25) is 0 Å². The first kappa shape index (κ1) is 17.8. The van der Waals surface area contributed by atoms with Crippen LogP contribution in [-0.2, 0) is 19.1 Å². The monoisotopic (exact) mass is 234 g/mol. The molecule has 4 nitrogen and oxygen atoms in total. The molecule has 0 aromatic carbocycles. The van der Waals surface area contributed by atoms with Crippen molar-refractivity contribution in [2.24, 2.45) is 0 Å². The zero-order valence-corrected chi connectivity index (χ0v) is 12.3. The second-order valence-corrected chi connectivity index (χ2v) is 2.52. The van der Waals surface area contributed by atoms with Crippen LogP contribution in [0.1, 0.15) is 27.2 Å². The fraction of sp³-hybridized carbons (Fsp3) is 0.545. The van der Waals surface area contributed by atoms with Crippen LogP contribution in [0, 0.1) is 17.8 Å². The third kappa shape index (κ3) is 6.78. The van der Waals surface area contributed by atoms with Crippen molar-refractivity contribution in [1.29, 1.82) is 0 Å². The minimum Gasteiger partial charge on any atom is -0.488 e. The van der Waals surface area contributed by atoms with Crippen LogP contribution in [0.5, 0.6) is 0 Å². The predicted octanol–water partition coefficient (Wildman–Crippen LogP) is -1.90. The molecule has 0 aromatic heterocycles. The Labute approximate surface area is 118 Å². The number of carbonyl (C=O) groups excluding carboxylic acids is 2.